The maximum absolute atomic E-state index is 12.0. The van der Waals surface area contributed by atoms with E-state index in [0.717, 1.165) is 28.7 Å². The van der Waals surface area contributed by atoms with Crippen molar-refractivity contribution in [1.29, 1.82) is 0 Å². The molecular formula is C12H13BrN2O. The van der Waals surface area contributed by atoms with Gasteiger partial charge in [0.2, 0.25) is 0 Å². The summed E-state index contributed by atoms with van der Waals surface area (Å²) >= 11 is 3.40. The molecule has 1 aromatic carbocycles. The number of rotatable bonds is 2. The summed E-state index contributed by atoms with van der Waals surface area (Å²) in [5.41, 5.74) is 1.96. The Kier molecular flexibility index (Phi) is 3.10. The Morgan fingerprint density at radius 2 is 2.19 bits per heavy atom. The van der Waals surface area contributed by atoms with Crippen LogP contribution in [0.3, 0.4) is 0 Å². The molecule has 0 radical (unpaired) electrons. The van der Waals surface area contributed by atoms with Crippen LogP contribution in [-0.4, -0.2) is 14.9 Å². The Hall–Kier alpha value is -1.16. The lowest BCUT2D eigenvalue weighted by molar-refractivity contribution is 0.792. The third-order valence-corrected chi connectivity index (χ3v) is 3.14. The molecule has 3 nitrogen and oxygen atoms in total. The van der Waals surface area contributed by atoms with E-state index in [4.69, 9.17) is 0 Å². The molecule has 0 spiro atoms. The second-order valence-electron chi connectivity index (χ2n) is 3.81. The van der Waals surface area contributed by atoms with Crippen LogP contribution >= 0.6 is 15.9 Å². The zero-order chi connectivity index (χ0) is 11.7. The number of halogens is 1. The van der Waals surface area contributed by atoms with Crippen LogP contribution in [-0.2, 0) is 13.5 Å². The summed E-state index contributed by atoms with van der Waals surface area (Å²) in [5.74, 6) is 0.741. The molecule has 0 amide bonds. The van der Waals surface area contributed by atoms with Crippen LogP contribution < -0.4 is 5.56 Å². The monoisotopic (exact) mass is 280 g/mol. The number of aromatic nitrogens is 2. The molecular weight excluding hydrogens is 268 g/mol. The molecule has 84 valence electrons. The molecule has 0 fully saturated rings. The van der Waals surface area contributed by atoms with Gasteiger partial charge in [0.1, 0.15) is 5.82 Å². The fraction of sp³-hybridized carbons (Fsp3) is 0.333. The van der Waals surface area contributed by atoms with Crippen molar-refractivity contribution in [2.75, 3.05) is 5.33 Å². The van der Waals surface area contributed by atoms with Crippen molar-refractivity contribution >= 4 is 26.8 Å². The van der Waals surface area contributed by atoms with Crippen LogP contribution in [0.25, 0.3) is 10.9 Å². The third-order valence-electron chi connectivity index (χ3n) is 2.75. The van der Waals surface area contributed by atoms with Gasteiger partial charge in [0.25, 0.3) is 5.56 Å². The van der Waals surface area contributed by atoms with E-state index >= 15 is 0 Å². The summed E-state index contributed by atoms with van der Waals surface area (Å²) in [4.78, 5) is 16.4. The summed E-state index contributed by atoms with van der Waals surface area (Å²) in [6.45, 7) is 1.84. The SMILES string of the molecule is Cc1nc2ccc(CCBr)cc2c(=O)n1C. The maximum Gasteiger partial charge on any atom is 0.261 e. The highest BCUT2D eigenvalue weighted by molar-refractivity contribution is 9.09. The summed E-state index contributed by atoms with van der Waals surface area (Å²) < 4.78 is 1.58. The molecule has 2 rings (SSSR count). The van der Waals surface area contributed by atoms with E-state index in [9.17, 15) is 4.79 Å². The number of fused-ring (bicyclic) bond motifs is 1. The van der Waals surface area contributed by atoms with Crippen molar-refractivity contribution in [2.45, 2.75) is 13.3 Å². The molecule has 0 aliphatic heterocycles. The van der Waals surface area contributed by atoms with Crippen molar-refractivity contribution in [2.24, 2.45) is 7.05 Å². The van der Waals surface area contributed by atoms with E-state index in [-0.39, 0.29) is 5.56 Å². The summed E-state index contributed by atoms with van der Waals surface area (Å²) in [6, 6.07) is 5.88. The van der Waals surface area contributed by atoms with Gasteiger partial charge in [0.15, 0.2) is 0 Å². The molecule has 0 aliphatic carbocycles. The Labute approximate surface area is 102 Å². The van der Waals surface area contributed by atoms with Crippen LogP contribution in [0, 0.1) is 6.92 Å². The largest absolute Gasteiger partial charge is 0.299 e. The summed E-state index contributed by atoms with van der Waals surface area (Å²) in [7, 11) is 1.75. The van der Waals surface area contributed by atoms with E-state index < -0.39 is 0 Å². The van der Waals surface area contributed by atoms with Gasteiger partial charge in [-0.15, -0.1) is 0 Å². The number of benzene rings is 1. The maximum atomic E-state index is 12.0. The van der Waals surface area contributed by atoms with Crippen molar-refractivity contribution < 1.29 is 0 Å². The lowest BCUT2D eigenvalue weighted by Crippen LogP contribution is -2.20. The zero-order valence-electron chi connectivity index (χ0n) is 9.33. The minimum absolute atomic E-state index is 0.0268. The Morgan fingerprint density at radius 1 is 1.44 bits per heavy atom. The van der Waals surface area contributed by atoms with Gasteiger partial charge in [-0.3, -0.25) is 9.36 Å². The van der Waals surface area contributed by atoms with Gasteiger partial charge in [-0.25, -0.2) is 4.98 Å². The van der Waals surface area contributed by atoms with E-state index in [1.807, 2.05) is 25.1 Å². The average molecular weight is 281 g/mol. The van der Waals surface area contributed by atoms with Gasteiger partial charge in [0.05, 0.1) is 10.9 Å². The standard InChI is InChI=1S/C12H13BrN2O/c1-8-14-11-4-3-9(5-6-13)7-10(11)12(16)15(8)2/h3-4,7H,5-6H2,1-2H3. The highest BCUT2D eigenvalue weighted by atomic mass is 79.9. The molecule has 16 heavy (non-hydrogen) atoms. The first-order chi connectivity index (χ1) is 7.63. The fourth-order valence-corrected chi connectivity index (χ4v) is 2.15. The van der Waals surface area contributed by atoms with Crippen molar-refractivity contribution in [1.82, 2.24) is 9.55 Å². The molecule has 0 saturated heterocycles. The van der Waals surface area contributed by atoms with Crippen LogP contribution in [0.15, 0.2) is 23.0 Å². The molecule has 0 atom stereocenters. The van der Waals surface area contributed by atoms with E-state index in [1.54, 1.807) is 11.6 Å². The zero-order valence-corrected chi connectivity index (χ0v) is 10.9. The topological polar surface area (TPSA) is 34.9 Å². The van der Waals surface area contributed by atoms with Crippen LogP contribution in [0.1, 0.15) is 11.4 Å². The lowest BCUT2D eigenvalue weighted by atomic mass is 10.1. The highest BCUT2D eigenvalue weighted by Gasteiger charge is 2.05. The minimum Gasteiger partial charge on any atom is -0.299 e. The van der Waals surface area contributed by atoms with E-state index in [0.29, 0.717) is 5.39 Å². The van der Waals surface area contributed by atoms with E-state index in [1.165, 1.54) is 0 Å². The number of alkyl halides is 1. The van der Waals surface area contributed by atoms with Gasteiger partial charge in [-0.1, -0.05) is 22.0 Å². The van der Waals surface area contributed by atoms with Crippen molar-refractivity contribution in [3.63, 3.8) is 0 Å². The predicted molar refractivity (Wildman–Crippen MR) is 69.2 cm³/mol. The van der Waals surface area contributed by atoms with Crippen LogP contribution in [0.5, 0.6) is 0 Å². The number of nitrogens with zero attached hydrogens (tertiary/aromatic N) is 2. The molecule has 0 bridgehead atoms. The molecule has 0 saturated carbocycles. The van der Waals surface area contributed by atoms with Gasteiger partial charge < -0.3 is 0 Å². The van der Waals surface area contributed by atoms with Gasteiger partial charge in [-0.2, -0.15) is 0 Å². The second kappa shape index (κ2) is 4.37. The van der Waals surface area contributed by atoms with E-state index in [2.05, 4.69) is 20.9 Å². The van der Waals surface area contributed by atoms with Crippen LogP contribution in [0.4, 0.5) is 0 Å². The Morgan fingerprint density at radius 3 is 2.88 bits per heavy atom. The first-order valence-corrected chi connectivity index (χ1v) is 6.28. The molecule has 1 aromatic heterocycles. The number of hydrogen-bond acceptors (Lipinski definition) is 2. The first-order valence-electron chi connectivity index (χ1n) is 5.15. The minimum atomic E-state index is 0.0268. The van der Waals surface area contributed by atoms with Gasteiger partial charge in [0, 0.05) is 12.4 Å². The van der Waals surface area contributed by atoms with Crippen molar-refractivity contribution in [3.05, 3.63) is 39.9 Å². The predicted octanol–water partition coefficient (Wildman–Crippen LogP) is 2.18. The van der Waals surface area contributed by atoms with Gasteiger partial charge >= 0.3 is 0 Å². The first kappa shape index (κ1) is 11.3. The highest BCUT2D eigenvalue weighted by Crippen LogP contribution is 2.12. The third kappa shape index (κ3) is 1.89. The molecule has 0 aliphatic rings. The molecule has 0 N–H and O–H groups in total. The Bertz CT molecular complexity index is 589. The Balaban J connectivity index is 2.73. The smallest absolute Gasteiger partial charge is 0.261 e. The number of hydrogen-bond donors (Lipinski definition) is 0. The van der Waals surface area contributed by atoms with Crippen LogP contribution in [0.2, 0.25) is 0 Å². The lowest BCUT2D eigenvalue weighted by Gasteiger charge is -2.06. The number of aryl methyl sites for hydroxylation is 2. The average Bonchev–Trinajstić information content (AvgIpc) is 2.28. The second-order valence-corrected chi connectivity index (χ2v) is 4.61. The van der Waals surface area contributed by atoms with Gasteiger partial charge in [-0.05, 0) is 31.0 Å². The molecule has 4 heteroatoms. The van der Waals surface area contributed by atoms with Crippen molar-refractivity contribution in [3.8, 4) is 0 Å². The molecule has 1 heterocycles. The normalized spacial score (nSPS) is 10.9. The fourth-order valence-electron chi connectivity index (χ4n) is 1.69. The summed E-state index contributed by atoms with van der Waals surface area (Å²) in [6.07, 6.45) is 0.924. The molecule has 0 unspecified atom stereocenters. The molecule has 2 aromatic rings. The summed E-state index contributed by atoms with van der Waals surface area (Å²) in [5, 5.41) is 1.60. The quantitative estimate of drug-likeness (QED) is 0.791.